The van der Waals surface area contributed by atoms with Gasteiger partial charge in [-0.2, -0.15) is 4.31 Å². The molecule has 0 aromatic carbocycles. The van der Waals surface area contributed by atoms with Gasteiger partial charge >= 0.3 is 0 Å². The van der Waals surface area contributed by atoms with Crippen LogP contribution in [0.5, 0.6) is 0 Å². The molecule has 0 saturated carbocycles. The lowest BCUT2D eigenvalue weighted by Gasteiger charge is -2.33. The number of rotatable bonds is 3. The molecule has 1 aliphatic heterocycles. The summed E-state index contributed by atoms with van der Waals surface area (Å²) < 4.78 is 24.3. The molecule has 0 aliphatic carbocycles. The predicted octanol–water partition coefficient (Wildman–Crippen LogP) is 1.47. The summed E-state index contributed by atoms with van der Waals surface area (Å²) in [5, 5.41) is 0.737. The minimum absolute atomic E-state index is 0.298. The topological polar surface area (TPSA) is 53.5 Å². The van der Waals surface area contributed by atoms with Crippen molar-refractivity contribution < 1.29 is 8.42 Å². The Morgan fingerprint density at radius 2 is 1.89 bits per heavy atom. The van der Waals surface area contributed by atoms with E-state index in [0.29, 0.717) is 42.9 Å². The highest BCUT2D eigenvalue weighted by molar-refractivity contribution is 7.88. The third-order valence-electron chi connectivity index (χ3n) is 3.06. The van der Waals surface area contributed by atoms with Crippen molar-refractivity contribution >= 4 is 33.2 Å². The van der Waals surface area contributed by atoms with Crippen LogP contribution < -0.4 is 0 Å². The zero-order valence-corrected chi connectivity index (χ0v) is 12.8. The van der Waals surface area contributed by atoms with Gasteiger partial charge in [-0.1, -0.05) is 23.2 Å². The molecule has 106 valence electrons. The molecule has 1 aromatic rings. The summed E-state index contributed by atoms with van der Waals surface area (Å²) in [7, 11) is -3.08. The van der Waals surface area contributed by atoms with Gasteiger partial charge in [0, 0.05) is 38.9 Å². The van der Waals surface area contributed by atoms with E-state index in [4.69, 9.17) is 23.2 Å². The lowest BCUT2D eigenvalue weighted by molar-refractivity contribution is 0.182. The molecule has 1 saturated heterocycles. The standard InChI is InChI=1S/C11H15Cl2N3O2S/c1-19(17,18)16-4-2-15(3-5-16)8-9-6-10(12)11(13)14-7-9/h6-7H,2-5,8H2,1H3. The van der Waals surface area contributed by atoms with Crippen molar-refractivity contribution in [2.45, 2.75) is 6.54 Å². The molecule has 0 radical (unpaired) electrons. The Bertz CT molecular complexity index is 557. The van der Waals surface area contributed by atoms with Gasteiger partial charge in [-0.15, -0.1) is 0 Å². The van der Waals surface area contributed by atoms with Gasteiger partial charge in [-0.05, 0) is 11.6 Å². The molecule has 1 aliphatic rings. The van der Waals surface area contributed by atoms with Gasteiger partial charge in [-0.3, -0.25) is 4.90 Å². The van der Waals surface area contributed by atoms with Crippen molar-refractivity contribution in [3.8, 4) is 0 Å². The maximum atomic E-state index is 11.4. The van der Waals surface area contributed by atoms with Gasteiger partial charge in [0.1, 0.15) is 5.15 Å². The Labute approximate surface area is 123 Å². The van der Waals surface area contributed by atoms with E-state index in [2.05, 4.69) is 9.88 Å². The van der Waals surface area contributed by atoms with Crippen LogP contribution in [-0.2, 0) is 16.6 Å². The number of nitrogens with zero attached hydrogens (tertiary/aromatic N) is 3. The molecule has 0 spiro atoms. The summed E-state index contributed by atoms with van der Waals surface area (Å²) in [5.41, 5.74) is 0.974. The van der Waals surface area contributed by atoms with Crippen molar-refractivity contribution in [1.29, 1.82) is 0 Å². The first kappa shape index (κ1) is 15.0. The number of pyridine rings is 1. The van der Waals surface area contributed by atoms with Crippen LogP contribution in [-0.4, -0.2) is 55.0 Å². The van der Waals surface area contributed by atoms with Gasteiger partial charge in [-0.25, -0.2) is 13.4 Å². The van der Waals surface area contributed by atoms with Crippen molar-refractivity contribution in [3.05, 3.63) is 28.0 Å². The number of hydrogen-bond acceptors (Lipinski definition) is 4. The van der Waals surface area contributed by atoms with Crippen LogP contribution in [0.25, 0.3) is 0 Å². The van der Waals surface area contributed by atoms with Gasteiger partial charge in [0.05, 0.1) is 11.3 Å². The summed E-state index contributed by atoms with van der Waals surface area (Å²) in [6.45, 7) is 3.14. The second kappa shape index (κ2) is 5.93. The first-order chi connectivity index (χ1) is 8.86. The average molecular weight is 324 g/mol. The molecular formula is C11H15Cl2N3O2S. The van der Waals surface area contributed by atoms with Crippen molar-refractivity contribution in [2.24, 2.45) is 0 Å². The van der Waals surface area contributed by atoms with E-state index >= 15 is 0 Å². The molecule has 19 heavy (non-hydrogen) atoms. The highest BCUT2D eigenvalue weighted by atomic mass is 35.5. The number of piperazine rings is 1. The smallest absolute Gasteiger partial charge is 0.211 e. The normalized spacial score (nSPS) is 18.7. The van der Waals surface area contributed by atoms with Crippen LogP contribution >= 0.6 is 23.2 Å². The molecule has 1 fully saturated rings. The lowest BCUT2D eigenvalue weighted by Crippen LogP contribution is -2.47. The van der Waals surface area contributed by atoms with Crippen LogP contribution in [0.3, 0.4) is 0 Å². The monoisotopic (exact) mass is 323 g/mol. The summed E-state index contributed by atoms with van der Waals surface area (Å²) in [6.07, 6.45) is 2.93. The number of halogens is 2. The fourth-order valence-corrected chi connectivity index (χ4v) is 3.14. The summed E-state index contributed by atoms with van der Waals surface area (Å²) in [6, 6.07) is 1.79. The van der Waals surface area contributed by atoms with E-state index in [1.807, 2.05) is 0 Å². The SMILES string of the molecule is CS(=O)(=O)N1CCN(Cc2cnc(Cl)c(Cl)c2)CC1. The van der Waals surface area contributed by atoms with Crippen LogP contribution in [0.4, 0.5) is 0 Å². The zero-order chi connectivity index (χ0) is 14.0. The van der Waals surface area contributed by atoms with Crippen molar-refractivity contribution in [3.63, 3.8) is 0 Å². The molecule has 2 rings (SSSR count). The molecule has 1 aromatic heterocycles. The van der Waals surface area contributed by atoms with Gasteiger partial charge in [0.15, 0.2) is 0 Å². The van der Waals surface area contributed by atoms with Gasteiger partial charge < -0.3 is 0 Å². The summed E-state index contributed by atoms with van der Waals surface area (Å²) in [4.78, 5) is 6.17. The minimum Gasteiger partial charge on any atom is -0.296 e. The maximum absolute atomic E-state index is 11.4. The van der Waals surface area contributed by atoms with E-state index in [0.717, 1.165) is 5.56 Å². The Morgan fingerprint density at radius 1 is 1.26 bits per heavy atom. The fourth-order valence-electron chi connectivity index (χ4n) is 2.02. The summed E-state index contributed by atoms with van der Waals surface area (Å²) >= 11 is 11.7. The molecule has 0 N–H and O–H groups in total. The van der Waals surface area contributed by atoms with E-state index in [1.54, 1.807) is 12.3 Å². The molecule has 8 heteroatoms. The van der Waals surface area contributed by atoms with Crippen molar-refractivity contribution in [2.75, 3.05) is 32.4 Å². The molecule has 0 atom stereocenters. The highest BCUT2D eigenvalue weighted by Gasteiger charge is 2.23. The lowest BCUT2D eigenvalue weighted by atomic mass is 10.2. The Kier molecular flexibility index (Phi) is 4.68. The average Bonchev–Trinajstić information content (AvgIpc) is 2.33. The third kappa shape index (κ3) is 4.03. The third-order valence-corrected chi connectivity index (χ3v) is 5.05. The van der Waals surface area contributed by atoms with E-state index in [-0.39, 0.29) is 0 Å². The maximum Gasteiger partial charge on any atom is 0.211 e. The molecule has 0 bridgehead atoms. The first-order valence-electron chi connectivity index (χ1n) is 5.83. The molecule has 2 heterocycles. The number of hydrogen-bond donors (Lipinski definition) is 0. The van der Waals surface area contributed by atoms with Crippen LogP contribution in [0.1, 0.15) is 5.56 Å². The van der Waals surface area contributed by atoms with E-state index in [9.17, 15) is 8.42 Å². The Morgan fingerprint density at radius 3 is 2.42 bits per heavy atom. The van der Waals surface area contributed by atoms with Crippen LogP contribution in [0, 0.1) is 0 Å². The predicted molar refractivity (Wildman–Crippen MR) is 76.0 cm³/mol. The second-order valence-corrected chi connectivity index (χ2v) is 7.30. The van der Waals surface area contributed by atoms with Crippen LogP contribution in [0.15, 0.2) is 12.3 Å². The molecular weight excluding hydrogens is 309 g/mol. The molecule has 5 nitrogen and oxygen atoms in total. The Balaban J connectivity index is 1.94. The van der Waals surface area contributed by atoms with E-state index in [1.165, 1.54) is 10.6 Å². The van der Waals surface area contributed by atoms with Crippen molar-refractivity contribution in [1.82, 2.24) is 14.2 Å². The van der Waals surface area contributed by atoms with Gasteiger partial charge in [0.2, 0.25) is 10.0 Å². The van der Waals surface area contributed by atoms with E-state index < -0.39 is 10.0 Å². The highest BCUT2D eigenvalue weighted by Crippen LogP contribution is 2.20. The quantitative estimate of drug-likeness (QED) is 0.790. The summed E-state index contributed by atoms with van der Waals surface area (Å²) in [5.74, 6) is 0. The Hall–Kier alpha value is -0.400. The number of sulfonamides is 1. The molecule has 0 amide bonds. The second-order valence-electron chi connectivity index (χ2n) is 4.55. The largest absolute Gasteiger partial charge is 0.296 e. The number of aromatic nitrogens is 1. The van der Waals surface area contributed by atoms with Gasteiger partial charge in [0.25, 0.3) is 0 Å². The zero-order valence-electron chi connectivity index (χ0n) is 10.5. The fraction of sp³-hybridized carbons (Fsp3) is 0.545. The van der Waals surface area contributed by atoms with Crippen LogP contribution in [0.2, 0.25) is 10.2 Å². The molecule has 0 unspecified atom stereocenters. The first-order valence-corrected chi connectivity index (χ1v) is 8.44. The minimum atomic E-state index is -3.08.